The summed E-state index contributed by atoms with van der Waals surface area (Å²) in [4.78, 5) is 0. The van der Waals surface area contributed by atoms with E-state index in [9.17, 15) is 13.9 Å². The lowest BCUT2D eigenvalue weighted by molar-refractivity contribution is 0.224. The van der Waals surface area contributed by atoms with Crippen LogP contribution < -0.4 is 0 Å². The van der Waals surface area contributed by atoms with Gasteiger partial charge < -0.3 is 5.11 Å². The van der Waals surface area contributed by atoms with E-state index in [4.69, 9.17) is 0 Å². The summed E-state index contributed by atoms with van der Waals surface area (Å²) in [5, 5.41) is 9.31. The molecule has 1 nitrogen and oxygen atoms in total. The molecule has 2 aromatic rings. The third-order valence-electron chi connectivity index (χ3n) is 9.19. The molecule has 198 valence electrons. The van der Waals surface area contributed by atoms with E-state index >= 15 is 4.39 Å². The van der Waals surface area contributed by atoms with Gasteiger partial charge in [-0.2, -0.15) is 4.39 Å². The second kappa shape index (κ2) is 12.5. The molecule has 36 heavy (non-hydrogen) atoms. The quantitative estimate of drug-likeness (QED) is 0.363. The highest BCUT2D eigenvalue weighted by atomic mass is 19.2. The molecule has 4 heteroatoms. The number of aryl methyl sites for hydroxylation is 2. The van der Waals surface area contributed by atoms with Gasteiger partial charge in [0.25, 0.3) is 0 Å². The number of phenols is 1. The Morgan fingerprint density at radius 2 is 1.33 bits per heavy atom. The van der Waals surface area contributed by atoms with Gasteiger partial charge in [0.15, 0.2) is 11.6 Å². The third-order valence-corrected chi connectivity index (χ3v) is 9.19. The molecule has 0 unspecified atom stereocenters. The number of hydrogen-bond acceptors (Lipinski definition) is 1. The van der Waals surface area contributed by atoms with Gasteiger partial charge in [-0.25, -0.2) is 8.78 Å². The molecule has 0 spiro atoms. The van der Waals surface area contributed by atoms with Gasteiger partial charge >= 0.3 is 0 Å². The van der Waals surface area contributed by atoms with Crippen molar-refractivity contribution in [1.82, 2.24) is 0 Å². The van der Waals surface area contributed by atoms with Crippen molar-refractivity contribution in [3.05, 3.63) is 64.0 Å². The van der Waals surface area contributed by atoms with Crippen LogP contribution in [0.5, 0.6) is 5.75 Å². The maximum absolute atomic E-state index is 15.1. The molecule has 1 N–H and O–H groups in total. The normalized spacial score (nSPS) is 24.7. The monoisotopic (exact) mass is 500 g/mol. The van der Waals surface area contributed by atoms with Crippen molar-refractivity contribution in [2.45, 2.75) is 110 Å². The Morgan fingerprint density at radius 3 is 1.92 bits per heavy atom. The highest BCUT2D eigenvalue weighted by Crippen LogP contribution is 2.41. The molecular weight excluding hydrogens is 457 g/mol. The summed E-state index contributed by atoms with van der Waals surface area (Å²) in [7, 11) is 0. The third kappa shape index (κ3) is 6.66. The molecule has 4 rings (SSSR count). The molecule has 2 saturated carbocycles. The predicted molar refractivity (Wildman–Crippen MR) is 141 cm³/mol. The smallest absolute Gasteiger partial charge is 0.200 e. The second-order valence-electron chi connectivity index (χ2n) is 11.6. The lowest BCUT2D eigenvalue weighted by atomic mass is 9.73. The van der Waals surface area contributed by atoms with Crippen molar-refractivity contribution in [3.63, 3.8) is 0 Å². The zero-order valence-corrected chi connectivity index (χ0v) is 22.1. The maximum atomic E-state index is 15.1. The van der Waals surface area contributed by atoms with E-state index in [1.54, 1.807) is 6.07 Å². The van der Waals surface area contributed by atoms with Crippen LogP contribution in [-0.2, 0) is 12.8 Å². The first-order chi connectivity index (χ1) is 17.4. The van der Waals surface area contributed by atoms with Gasteiger partial charge in [0.1, 0.15) is 5.82 Å². The highest BCUT2D eigenvalue weighted by Gasteiger charge is 2.26. The molecule has 0 radical (unpaired) electrons. The van der Waals surface area contributed by atoms with E-state index in [-0.39, 0.29) is 17.8 Å². The molecule has 0 heterocycles. The Balaban J connectivity index is 1.26. The molecule has 2 fully saturated rings. The molecule has 2 aliphatic rings. The van der Waals surface area contributed by atoms with Gasteiger partial charge in [0, 0.05) is 0 Å². The van der Waals surface area contributed by atoms with Crippen LogP contribution in [0, 0.1) is 42.1 Å². The van der Waals surface area contributed by atoms with Crippen molar-refractivity contribution >= 4 is 0 Å². The molecular formula is C32H43F3O. The van der Waals surface area contributed by atoms with E-state index in [1.165, 1.54) is 70.3 Å². The number of phenolic OH excluding ortho intramolecular Hbond substituents is 1. The molecule has 0 bridgehead atoms. The van der Waals surface area contributed by atoms with Crippen LogP contribution >= 0.6 is 0 Å². The number of rotatable bonds is 9. The van der Waals surface area contributed by atoms with E-state index in [0.717, 1.165) is 47.8 Å². The van der Waals surface area contributed by atoms with Crippen LogP contribution in [0.2, 0.25) is 0 Å². The van der Waals surface area contributed by atoms with Crippen LogP contribution in [0.1, 0.15) is 112 Å². The second-order valence-corrected chi connectivity index (χ2v) is 11.6. The maximum Gasteiger partial charge on any atom is 0.200 e. The molecule has 0 amide bonds. The Labute approximate surface area is 215 Å². The minimum absolute atomic E-state index is 0.153. The topological polar surface area (TPSA) is 20.2 Å². The van der Waals surface area contributed by atoms with Crippen molar-refractivity contribution < 1.29 is 18.3 Å². The van der Waals surface area contributed by atoms with Crippen molar-refractivity contribution in [3.8, 4) is 5.75 Å². The van der Waals surface area contributed by atoms with Crippen molar-refractivity contribution in [2.24, 2.45) is 17.8 Å². The summed E-state index contributed by atoms with van der Waals surface area (Å²) in [5.41, 5.74) is 2.68. The molecule has 2 aromatic carbocycles. The Hall–Kier alpha value is -1.97. The largest absolute Gasteiger partial charge is 0.505 e. The van der Waals surface area contributed by atoms with E-state index in [0.29, 0.717) is 17.9 Å². The first-order valence-electron chi connectivity index (χ1n) is 14.3. The fourth-order valence-corrected chi connectivity index (χ4v) is 6.86. The lowest BCUT2D eigenvalue weighted by Crippen LogP contribution is -2.18. The fraction of sp³-hybridized carbons (Fsp3) is 0.625. The average molecular weight is 501 g/mol. The van der Waals surface area contributed by atoms with Crippen LogP contribution in [0.3, 0.4) is 0 Å². The molecule has 0 atom stereocenters. The predicted octanol–water partition coefficient (Wildman–Crippen LogP) is 9.56. The fourth-order valence-electron chi connectivity index (χ4n) is 6.86. The van der Waals surface area contributed by atoms with Gasteiger partial charge in [-0.05, 0) is 104 Å². The standard InChI is InChI=1S/C32H43F3O/c1-3-4-22-5-7-23(8-6-22)9-10-24-11-13-25(14-12-24)27-19-21(2)28(29(33)20-27)17-15-26-16-18-30(36)32(35)31(26)34/h16,18-20,22-25,36H,3-15,17H2,1-2H3. The first kappa shape index (κ1) is 27.1. The minimum Gasteiger partial charge on any atom is -0.505 e. The van der Waals surface area contributed by atoms with Crippen LogP contribution in [0.15, 0.2) is 24.3 Å². The van der Waals surface area contributed by atoms with Gasteiger partial charge in [-0.3, -0.25) is 0 Å². The first-order valence-corrected chi connectivity index (χ1v) is 14.3. The summed E-state index contributed by atoms with van der Waals surface area (Å²) < 4.78 is 42.8. The zero-order chi connectivity index (χ0) is 25.7. The van der Waals surface area contributed by atoms with Crippen LogP contribution in [0.4, 0.5) is 13.2 Å². The SMILES string of the molecule is CCCC1CCC(CCC2CCC(c3cc(C)c(CCc4ccc(O)c(F)c4F)c(F)c3)CC2)CC1. The summed E-state index contributed by atoms with van der Waals surface area (Å²) in [6.07, 6.45) is 16.4. The van der Waals surface area contributed by atoms with Gasteiger partial charge in [0.2, 0.25) is 5.82 Å². The summed E-state index contributed by atoms with van der Waals surface area (Å²) >= 11 is 0. The average Bonchev–Trinajstić information content (AvgIpc) is 2.88. The summed E-state index contributed by atoms with van der Waals surface area (Å²) in [6, 6.07) is 6.29. The minimum atomic E-state index is -1.24. The number of aromatic hydroxyl groups is 1. The molecule has 0 aliphatic heterocycles. The number of halogens is 3. The van der Waals surface area contributed by atoms with Gasteiger partial charge in [-0.1, -0.05) is 70.4 Å². The van der Waals surface area contributed by atoms with E-state index in [2.05, 4.69) is 13.0 Å². The van der Waals surface area contributed by atoms with Gasteiger partial charge in [-0.15, -0.1) is 0 Å². The van der Waals surface area contributed by atoms with Crippen molar-refractivity contribution in [1.29, 1.82) is 0 Å². The lowest BCUT2D eigenvalue weighted by Gasteiger charge is -2.32. The molecule has 0 aromatic heterocycles. The number of hydrogen-bond donors (Lipinski definition) is 1. The Bertz CT molecular complexity index is 978. The zero-order valence-electron chi connectivity index (χ0n) is 22.1. The molecule has 2 aliphatic carbocycles. The summed E-state index contributed by atoms with van der Waals surface area (Å²) in [6.45, 7) is 4.22. The summed E-state index contributed by atoms with van der Waals surface area (Å²) in [5.74, 6) is -0.0871. The van der Waals surface area contributed by atoms with E-state index < -0.39 is 17.4 Å². The highest BCUT2D eigenvalue weighted by molar-refractivity contribution is 5.36. The van der Waals surface area contributed by atoms with Crippen LogP contribution in [0.25, 0.3) is 0 Å². The number of benzene rings is 2. The van der Waals surface area contributed by atoms with E-state index in [1.807, 2.05) is 6.92 Å². The molecule has 0 saturated heterocycles. The Kier molecular flexibility index (Phi) is 9.41. The van der Waals surface area contributed by atoms with Crippen molar-refractivity contribution in [2.75, 3.05) is 0 Å². The Morgan fingerprint density at radius 1 is 0.750 bits per heavy atom. The van der Waals surface area contributed by atoms with Gasteiger partial charge in [0.05, 0.1) is 0 Å². The van der Waals surface area contributed by atoms with Crippen LogP contribution in [-0.4, -0.2) is 5.11 Å².